The van der Waals surface area contributed by atoms with Crippen LogP contribution >= 0.6 is 27.3 Å². The average molecular weight is 256 g/mol. The van der Waals surface area contributed by atoms with Gasteiger partial charge < -0.3 is 5.73 Å². The highest BCUT2D eigenvalue weighted by Crippen LogP contribution is 2.34. The van der Waals surface area contributed by atoms with Crippen LogP contribution in [-0.2, 0) is 0 Å². The Bertz CT molecular complexity index is 439. The van der Waals surface area contributed by atoms with Crippen molar-refractivity contribution in [3.63, 3.8) is 0 Å². The molecule has 2 aromatic rings. The molecule has 0 aliphatic heterocycles. The van der Waals surface area contributed by atoms with Gasteiger partial charge in [-0.25, -0.2) is 0 Å². The molecule has 66 valence electrons. The van der Waals surface area contributed by atoms with Gasteiger partial charge in [0.25, 0.3) is 0 Å². The summed E-state index contributed by atoms with van der Waals surface area (Å²) in [6.45, 7) is 0. The number of thiophene rings is 1. The molecule has 0 saturated heterocycles. The van der Waals surface area contributed by atoms with Crippen LogP contribution in [-0.4, -0.2) is 6.29 Å². The van der Waals surface area contributed by atoms with Gasteiger partial charge in [-0.15, -0.1) is 11.3 Å². The second kappa shape index (κ2) is 3.12. The average Bonchev–Trinajstić information content (AvgIpc) is 2.56. The van der Waals surface area contributed by atoms with E-state index in [4.69, 9.17) is 5.73 Å². The van der Waals surface area contributed by atoms with Gasteiger partial charge in [0.15, 0.2) is 6.29 Å². The normalized spacial score (nSPS) is 10.5. The summed E-state index contributed by atoms with van der Waals surface area (Å²) in [5, 5.41) is 0.946. The first kappa shape index (κ1) is 8.72. The minimum atomic E-state index is 0.702. The third kappa shape index (κ3) is 1.36. The lowest BCUT2D eigenvalue weighted by Crippen LogP contribution is -1.83. The molecule has 0 aliphatic rings. The lowest BCUT2D eigenvalue weighted by molar-refractivity contribution is 0.112. The van der Waals surface area contributed by atoms with Gasteiger partial charge in [-0.1, -0.05) is 0 Å². The molecule has 13 heavy (non-hydrogen) atoms. The highest BCUT2D eigenvalue weighted by atomic mass is 79.9. The molecule has 0 spiro atoms. The Balaban J connectivity index is 2.87. The molecule has 0 bridgehead atoms. The number of hydrogen-bond donors (Lipinski definition) is 1. The van der Waals surface area contributed by atoms with E-state index >= 15 is 0 Å². The fraction of sp³-hybridized carbons (Fsp3) is 0. The van der Waals surface area contributed by atoms with Crippen molar-refractivity contribution in [1.29, 1.82) is 0 Å². The number of carbonyl (C=O) groups excluding carboxylic acids is 1. The summed E-state index contributed by atoms with van der Waals surface area (Å²) in [6.07, 6.45) is 0.844. The van der Waals surface area contributed by atoms with Crippen LogP contribution in [0.25, 0.3) is 10.1 Å². The molecule has 2 N–H and O–H groups in total. The second-order valence-corrected chi connectivity index (χ2v) is 4.58. The number of hydrogen-bond acceptors (Lipinski definition) is 3. The summed E-state index contributed by atoms with van der Waals surface area (Å²) >= 11 is 4.86. The SMILES string of the molecule is Nc1ccc(Br)c2sc(C=O)cc12. The van der Waals surface area contributed by atoms with Gasteiger partial charge in [-0.2, -0.15) is 0 Å². The maximum atomic E-state index is 10.6. The van der Waals surface area contributed by atoms with E-state index in [-0.39, 0.29) is 0 Å². The molecule has 1 aromatic carbocycles. The summed E-state index contributed by atoms with van der Waals surface area (Å²) < 4.78 is 2.01. The minimum Gasteiger partial charge on any atom is -0.398 e. The van der Waals surface area contributed by atoms with Crippen molar-refractivity contribution in [2.24, 2.45) is 0 Å². The number of carbonyl (C=O) groups is 1. The lowest BCUT2D eigenvalue weighted by atomic mass is 10.2. The summed E-state index contributed by atoms with van der Waals surface area (Å²) in [7, 11) is 0. The molecular formula is C9H6BrNOS. The van der Waals surface area contributed by atoms with Crippen LogP contribution in [0.5, 0.6) is 0 Å². The molecule has 0 aliphatic carbocycles. The zero-order valence-corrected chi connectivity index (χ0v) is 8.98. The smallest absolute Gasteiger partial charge is 0.160 e. The zero-order chi connectivity index (χ0) is 9.42. The number of nitrogen functional groups attached to an aromatic ring is 1. The Hall–Kier alpha value is -0.870. The number of anilines is 1. The molecule has 0 saturated carbocycles. The summed E-state index contributed by atoms with van der Waals surface area (Å²) in [5.41, 5.74) is 6.47. The summed E-state index contributed by atoms with van der Waals surface area (Å²) in [4.78, 5) is 11.3. The number of aldehydes is 1. The molecule has 0 atom stereocenters. The largest absolute Gasteiger partial charge is 0.398 e. The van der Waals surface area contributed by atoms with Gasteiger partial charge in [-0.3, -0.25) is 4.79 Å². The van der Waals surface area contributed by atoms with Crippen molar-refractivity contribution in [1.82, 2.24) is 0 Å². The highest BCUT2D eigenvalue weighted by molar-refractivity contribution is 9.10. The predicted octanol–water partition coefficient (Wildman–Crippen LogP) is 3.06. The van der Waals surface area contributed by atoms with Gasteiger partial charge in [-0.05, 0) is 34.1 Å². The van der Waals surface area contributed by atoms with E-state index in [1.54, 1.807) is 0 Å². The van der Waals surface area contributed by atoms with Crippen molar-refractivity contribution < 1.29 is 4.79 Å². The van der Waals surface area contributed by atoms with Gasteiger partial charge in [0.2, 0.25) is 0 Å². The Morgan fingerprint density at radius 2 is 2.23 bits per heavy atom. The van der Waals surface area contributed by atoms with Crippen molar-refractivity contribution in [3.05, 3.63) is 27.5 Å². The maximum absolute atomic E-state index is 10.6. The third-order valence-corrected chi connectivity index (χ3v) is 3.82. The minimum absolute atomic E-state index is 0.702. The standard InChI is InChI=1S/C9H6BrNOS/c10-7-1-2-8(11)6-3-5(4-12)13-9(6)7/h1-4H,11H2. The van der Waals surface area contributed by atoms with Crippen LogP contribution in [0.1, 0.15) is 9.67 Å². The van der Waals surface area contributed by atoms with Crippen LogP contribution < -0.4 is 5.73 Å². The Labute approximate surface area is 87.5 Å². The highest BCUT2D eigenvalue weighted by Gasteiger charge is 2.06. The molecule has 0 radical (unpaired) electrons. The van der Waals surface area contributed by atoms with E-state index in [0.717, 1.165) is 20.8 Å². The molecule has 0 unspecified atom stereocenters. The van der Waals surface area contributed by atoms with Crippen LogP contribution in [0.3, 0.4) is 0 Å². The van der Waals surface area contributed by atoms with Gasteiger partial charge in [0, 0.05) is 15.5 Å². The van der Waals surface area contributed by atoms with E-state index in [2.05, 4.69) is 15.9 Å². The maximum Gasteiger partial charge on any atom is 0.160 e. The first-order valence-corrected chi connectivity index (χ1v) is 5.26. The quantitative estimate of drug-likeness (QED) is 0.629. The summed E-state index contributed by atoms with van der Waals surface area (Å²) in [5.74, 6) is 0. The van der Waals surface area contributed by atoms with E-state index in [1.807, 2.05) is 18.2 Å². The first-order chi connectivity index (χ1) is 6.22. The fourth-order valence-corrected chi connectivity index (χ4v) is 2.69. The predicted molar refractivity (Wildman–Crippen MR) is 59.3 cm³/mol. The van der Waals surface area contributed by atoms with Crippen LogP contribution in [0.4, 0.5) is 5.69 Å². The van der Waals surface area contributed by atoms with Crippen LogP contribution in [0.2, 0.25) is 0 Å². The van der Waals surface area contributed by atoms with Crippen molar-refractivity contribution in [3.8, 4) is 0 Å². The molecule has 0 fully saturated rings. The fourth-order valence-electron chi connectivity index (χ4n) is 1.19. The molecule has 1 heterocycles. The van der Waals surface area contributed by atoms with Crippen LogP contribution in [0.15, 0.2) is 22.7 Å². The second-order valence-electron chi connectivity index (χ2n) is 2.65. The molecule has 2 nitrogen and oxygen atoms in total. The topological polar surface area (TPSA) is 43.1 Å². The molecule has 2 rings (SSSR count). The summed E-state index contributed by atoms with van der Waals surface area (Å²) in [6, 6.07) is 5.53. The number of halogens is 1. The third-order valence-electron chi connectivity index (χ3n) is 1.80. The Morgan fingerprint density at radius 3 is 2.85 bits per heavy atom. The van der Waals surface area contributed by atoms with Gasteiger partial charge in [0.1, 0.15) is 0 Å². The van der Waals surface area contributed by atoms with Crippen molar-refractivity contribution in [2.75, 3.05) is 5.73 Å². The number of nitrogens with two attached hydrogens (primary N) is 1. The lowest BCUT2D eigenvalue weighted by Gasteiger charge is -1.96. The number of rotatable bonds is 1. The number of fused-ring (bicyclic) bond motifs is 1. The van der Waals surface area contributed by atoms with Crippen molar-refractivity contribution >= 4 is 49.3 Å². The molecule has 4 heteroatoms. The van der Waals surface area contributed by atoms with E-state index in [9.17, 15) is 4.79 Å². The molecule has 1 aromatic heterocycles. The monoisotopic (exact) mass is 255 g/mol. The van der Waals surface area contributed by atoms with E-state index in [1.165, 1.54) is 11.3 Å². The van der Waals surface area contributed by atoms with Crippen molar-refractivity contribution in [2.45, 2.75) is 0 Å². The number of benzene rings is 1. The zero-order valence-electron chi connectivity index (χ0n) is 6.58. The van der Waals surface area contributed by atoms with Gasteiger partial charge in [0.05, 0.1) is 9.58 Å². The first-order valence-electron chi connectivity index (χ1n) is 3.65. The van der Waals surface area contributed by atoms with Crippen LogP contribution in [0, 0.1) is 0 Å². The molecule has 0 amide bonds. The van der Waals surface area contributed by atoms with Gasteiger partial charge >= 0.3 is 0 Å². The Kier molecular flexibility index (Phi) is 2.09. The molecular weight excluding hydrogens is 250 g/mol. The van der Waals surface area contributed by atoms with E-state index in [0.29, 0.717) is 10.6 Å². The Morgan fingerprint density at radius 1 is 1.46 bits per heavy atom. The van der Waals surface area contributed by atoms with E-state index < -0.39 is 0 Å².